The summed E-state index contributed by atoms with van der Waals surface area (Å²) < 4.78 is 13.6. The average Bonchev–Trinajstić information content (AvgIpc) is 2.29. The molecule has 0 radical (unpaired) electrons. The molecule has 0 aliphatic rings. The number of hydrogen-bond acceptors (Lipinski definition) is 2. The number of carboxylic acids is 1. The quantitative estimate of drug-likeness (QED) is 0.811. The topological polar surface area (TPSA) is 49.3 Å². The van der Waals surface area contributed by atoms with Gasteiger partial charge in [-0.15, -0.1) is 0 Å². The molecule has 0 aromatic heterocycles. The zero-order chi connectivity index (χ0) is 13.7. The van der Waals surface area contributed by atoms with E-state index in [1.807, 2.05) is 6.92 Å². The molecule has 0 spiro atoms. The first-order valence-corrected chi connectivity index (χ1v) is 6.19. The summed E-state index contributed by atoms with van der Waals surface area (Å²) in [5.74, 6) is -1.02. The van der Waals surface area contributed by atoms with Crippen LogP contribution < -0.4 is 5.32 Å². The SMILES string of the molecule is CC(C)CCC(C)Nc1ccc(C(=O)O)cc1F. The van der Waals surface area contributed by atoms with Crippen LogP contribution in [0.15, 0.2) is 18.2 Å². The largest absolute Gasteiger partial charge is 0.478 e. The molecular weight excluding hydrogens is 233 g/mol. The Hall–Kier alpha value is -1.58. The Labute approximate surface area is 107 Å². The maximum atomic E-state index is 13.6. The highest BCUT2D eigenvalue weighted by Crippen LogP contribution is 2.18. The second-order valence-electron chi connectivity index (χ2n) is 5.02. The van der Waals surface area contributed by atoms with Crippen LogP contribution in [0.4, 0.5) is 10.1 Å². The van der Waals surface area contributed by atoms with E-state index in [1.54, 1.807) is 0 Å². The summed E-state index contributed by atoms with van der Waals surface area (Å²) in [7, 11) is 0. The fourth-order valence-corrected chi connectivity index (χ4v) is 1.69. The molecular formula is C14H20FNO2. The average molecular weight is 253 g/mol. The lowest BCUT2D eigenvalue weighted by Gasteiger charge is -2.17. The summed E-state index contributed by atoms with van der Waals surface area (Å²) >= 11 is 0. The van der Waals surface area contributed by atoms with Gasteiger partial charge < -0.3 is 10.4 Å². The standard InChI is InChI=1S/C14H20FNO2/c1-9(2)4-5-10(3)16-13-7-6-11(14(17)18)8-12(13)15/h6-10,16H,4-5H2,1-3H3,(H,17,18). The molecule has 1 atom stereocenters. The number of benzene rings is 1. The van der Waals surface area contributed by atoms with E-state index in [9.17, 15) is 9.18 Å². The van der Waals surface area contributed by atoms with E-state index >= 15 is 0 Å². The molecule has 0 saturated carbocycles. The fraction of sp³-hybridized carbons (Fsp3) is 0.500. The molecule has 1 aromatic carbocycles. The van der Waals surface area contributed by atoms with E-state index in [-0.39, 0.29) is 11.6 Å². The molecule has 100 valence electrons. The number of rotatable bonds is 6. The molecule has 18 heavy (non-hydrogen) atoms. The molecule has 2 N–H and O–H groups in total. The molecule has 0 fully saturated rings. The van der Waals surface area contributed by atoms with Crippen LogP contribution in [0.3, 0.4) is 0 Å². The first kappa shape index (κ1) is 14.5. The van der Waals surface area contributed by atoms with Gasteiger partial charge in [-0.3, -0.25) is 0 Å². The summed E-state index contributed by atoms with van der Waals surface area (Å²) in [6.45, 7) is 6.29. The monoisotopic (exact) mass is 253 g/mol. The van der Waals surface area contributed by atoms with E-state index < -0.39 is 11.8 Å². The fourth-order valence-electron chi connectivity index (χ4n) is 1.69. The summed E-state index contributed by atoms with van der Waals surface area (Å²) in [5, 5.41) is 11.8. The van der Waals surface area contributed by atoms with Crippen molar-refractivity contribution in [3.05, 3.63) is 29.6 Å². The minimum atomic E-state index is -1.12. The van der Waals surface area contributed by atoms with Crippen molar-refractivity contribution in [2.24, 2.45) is 5.92 Å². The highest BCUT2D eigenvalue weighted by Gasteiger charge is 2.10. The Bertz CT molecular complexity index is 418. The number of halogens is 1. The first-order chi connectivity index (χ1) is 8.40. The van der Waals surface area contributed by atoms with Crippen LogP contribution in [0.25, 0.3) is 0 Å². The minimum Gasteiger partial charge on any atom is -0.478 e. The highest BCUT2D eigenvalue weighted by molar-refractivity contribution is 5.88. The van der Waals surface area contributed by atoms with E-state index in [2.05, 4.69) is 19.2 Å². The summed E-state index contributed by atoms with van der Waals surface area (Å²) in [6, 6.07) is 4.09. The number of aromatic carboxylic acids is 1. The molecule has 0 bridgehead atoms. The van der Waals surface area contributed by atoms with E-state index in [4.69, 9.17) is 5.11 Å². The molecule has 4 heteroatoms. The molecule has 0 saturated heterocycles. The predicted molar refractivity (Wildman–Crippen MR) is 70.5 cm³/mol. The van der Waals surface area contributed by atoms with Gasteiger partial charge in [-0.2, -0.15) is 0 Å². The second-order valence-corrected chi connectivity index (χ2v) is 5.02. The van der Waals surface area contributed by atoms with Crippen LogP contribution in [0, 0.1) is 11.7 Å². The van der Waals surface area contributed by atoms with E-state index in [0.717, 1.165) is 18.9 Å². The van der Waals surface area contributed by atoms with Gasteiger partial charge >= 0.3 is 5.97 Å². The third-order valence-corrected chi connectivity index (χ3v) is 2.79. The molecule has 0 heterocycles. The van der Waals surface area contributed by atoms with Gasteiger partial charge in [-0.1, -0.05) is 13.8 Å². The molecule has 0 aliphatic carbocycles. The van der Waals surface area contributed by atoms with Crippen molar-refractivity contribution in [1.29, 1.82) is 0 Å². The van der Waals surface area contributed by atoms with Crippen molar-refractivity contribution in [2.45, 2.75) is 39.7 Å². The van der Waals surface area contributed by atoms with Crippen LogP contribution in [0.5, 0.6) is 0 Å². The molecule has 3 nitrogen and oxygen atoms in total. The Morgan fingerprint density at radius 3 is 2.50 bits per heavy atom. The minimum absolute atomic E-state index is 0.0344. The Morgan fingerprint density at radius 1 is 1.33 bits per heavy atom. The third kappa shape index (κ3) is 4.35. The number of carboxylic acid groups (broad SMARTS) is 1. The Balaban J connectivity index is 2.64. The van der Waals surface area contributed by atoms with Gasteiger partial charge in [-0.25, -0.2) is 9.18 Å². The zero-order valence-corrected chi connectivity index (χ0v) is 11.0. The second kappa shape index (κ2) is 6.38. The van der Waals surface area contributed by atoms with Gasteiger partial charge in [0.25, 0.3) is 0 Å². The maximum absolute atomic E-state index is 13.6. The maximum Gasteiger partial charge on any atom is 0.335 e. The summed E-state index contributed by atoms with van der Waals surface area (Å²) in [5.41, 5.74) is 0.323. The number of hydrogen-bond donors (Lipinski definition) is 2. The lowest BCUT2D eigenvalue weighted by atomic mass is 10.0. The van der Waals surface area contributed by atoms with Crippen molar-refractivity contribution in [3.8, 4) is 0 Å². The van der Waals surface area contributed by atoms with E-state index in [0.29, 0.717) is 11.6 Å². The van der Waals surface area contributed by atoms with Crippen LogP contribution in [0.2, 0.25) is 0 Å². The Kier molecular flexibility index (Phi) is 5.13. The van der Waals surface area contributed by atoms with Crippen molar-refractivity contribution in [1.82, 2.24) is 0 Å². The van der Waals surface area contributed by atoms with Crippen LogP contribution in [-0.4, -0.2) is 17.1 Å². The van der Waals surface area contributed by atoms with Gasteiger partial charge in [0.15, 0.2) is 0 Å². The van der Waals surface area contributed by atoms with Crippen molar-refractivity contribution in [3.63, 3.8) is 0 Å². The lowest BCUT2D eigenvalue weighted by molar-refractivity contribution is 0.0696. The lowest BCUT2D eigenvalue weighted by Crippen LogP contribution is -2.17. The van der Waals surface area contributed by atoms with Crippen LogP contribution >= 0.6 is 0 Å². The van der Waals surface area contributed by atoms with Gasteiger partial charge in [0.1, 0.15) is 5.82 Å². The van der Waals surface area contributed by atoms with Gasteiger partial charge in [0, 0.05) is 6.04 Å². The van der Waals surface area contributed by atoms with Crippen LogP contribution in [0.1, 0.15) is 44.0 Å². The van der Waals surface area contributed by atoms with Crippen LogP contribution in [-0.2, 0) is 0 Å². The van der Waals surface area contributed by atoms with Crippen molar-refractivity contribution < 1.29 is 14.3 Å². The highest BCUT2D eigenvalue weighted by atomic mass is 19.1. The summed E-state index contributed by atoms with van der Waals surface area (Å²) in [4.78, 5) is 10.7. The van der Waals surface area contributed by atoms with Gasteiger partial charge in [-0.05, 0) is 43.9 Å². The molecule has 1 aromatic rings. The molecule has 1 rings (SSSR count). The smallest absolute Gasteiger partial charge is 0.335 e. The molecule has 0 aliphatic heterocycles. The third-order valence-electron chi connectivity index (χ3n) is 2.79. The van der Waals surface area contributed by atoms with Gasteiger partial charge in [0.2, 0.25) is 0 Å². The van der Waals surface area contributed by atoms with E-state index in [1.165, 1.54) is 12.1 Å². The Morgan fingerprint density at radius 2 is 2.00 bits per heavy atom. The van der Waals surface area contributed by atoms with Gasteiger partial charge in [0.05, 0.1) is 11.3 Å². The van der Waals surface area contributed by atoms with Crippen molar-refractivity contribution >= 4 is 11.7 Å². The predicted octanol–water partition coefficient (Wildman–Crippen LogP) is 3.76. The molecule has 0 amide bonds. The first-order valence-electron chi connectivity index (χ1n) is 6.19. The zero-order valence-electron chi connectivity index (χ0n) is 11.0. The summed E-state index contributed by atoms with van der Waals surface area (Å²) in [6.07, 6.45) is 2.03. The molecule has 1 unspecified atom stereocenters. The number of anilines is 1. The number of nitrogens with one attached hydrogen (secondary N) is 1. The normalized spacial score (nSPS) is 12.5. The van der Waals surface area contributed by atoms with Crippen molar-refractivity contribution in [2.75, 3.05) is 5.32 Å². The number of carbonyl (C=O) groups is 1.